The molecule has 0 aliphatic heterocycles. The van der Waals surface area contributed by atoms with E-state index in [1.807, 2.05) is 12.1 Å². The van der Waals surface area contributed by atoms with Crippen molar-refractivity contribution in [3.8, 4) is 0 Å². The smallest absolute Gasteiger partial charge is 0.323 e. The topological polar surface area (TPSA) is 69.7 Å². The van der Waals surface area contributed by atoms with Crippen LogP contribution in [0.3, 0.4) is 0 Å². The molecule has 1 aromatic rings. The Balaban J connectivity index is 2.41. The molecular weight excluding hydrogens is 284 g/mol. The van der Waals surface area contributed by atoms with Crippen molar-refractivity contribution in [3.63, 3.8) is 0 Å². The molecule has 0 bridgehead atoms. The highest BCUT2D eigenvalue weighted by atomic mass is 16.6. The molecule has 1 aliphatic carbocycles. The van der Waals surface area contributed by atoms with Crippen LogP contribution in [0.2, 0.25) is 0 Å². The highest BCUT2D eigenvalue weighted by molar-refractivity contribution is 6.11. The molecule has 1 aliphatic rings. The van der Waals surface area contributed by atoms with Crippen LogP contribution in [0.1, 0.15) is 36.7 Å². The summed E-state index contributed by atoms with van der Waals surface area (Å²) in [4.78, 5) is 37.4. The van der Waals surface area contributed by atoms with Gasteiger partial charge < -0.3 is 9.47 Å². The van der Waals surface area contributed by atoms with Gasteiger partial charge in [-0.2, -0.15) is 0 Å². The van der Waals surface area contributed by atoms with E-state index in [0.717, 1.165) is 5.56 Å². The lowest BCUT2D eigenvalue weighted by molar-refractivity contribution is -0.173. The number of Topliss-reactive ketones (excluding diaryl/α,β-unsaturated/α-hetero) is 1. The van der Waals surface area contributed by atoms with Crippen LogP contribution >= 0.6 is 0 Å². The highest BCUT2D eigenvalue weighted by Gasteiger charge is 2.55. The van der Waals surface area contributed by atoms with Gasteiger partial charge in [-0.3, -0.25) is 14.4 Å². The molecule has 1 aromatic carbocycles. The lowest BCUT2D eigenvalue weighted by atomic mass is 9.74. The van der Waals surface area contributed by atoms with Crippen LogP contribution in [0.25, 0.3) is 0 Å². The Kier molecular flexibility index (Phi) is 4.64. The molecule has 118 valence electrons. The van der Waals surface area contributed by atoms with Crippen molar-refractivity contribution in [1.29, 1.82) is 0 Å². The van der Waals surface area contributed by atoms with Crippen molar-refractivity contribution in [2.45, 2.75) is 27.2 Å². The van der Waals surface area contributed by atoms with E-state index in [9.17, 15) is 14.4 Å². The van der Waals surface area contributed by atoms with E-state index in [4.69, 9.17) is 9.47 Å². The minimum atomic E-state index is -1.62. The van der Waals surface area contributed by atoms with Gasteiger partial charge in [0.1, 0.15) is 0 Å². The third kappa shape index (κ3) is 2.51. The molecule has 0 heterocycles. The summed E-state index contributed by atoms with van der Waals surface area (Å²) in [5.41, 5.74) is -0.216. The van der Waals surface area contributed by atoms with Crippen molar-refractivity contribution in [3.05, 3.63) is 35.4 Å². The molecule has 5 nitrogen and oxygen atoms in total. The van der Waals surface area contributed by atoms with Gasteiger partial charge in [-0.1, -0.05) is 24.3 Å². The van der Waals surface area contributed by atoms with Gasteiger partial charge in [0, 0.05) is 5.56 Å². The van der Waals surface area contributed by atoms with Crippen molar-refractivity contribution in [1.82, 2.24) is 0 Å². The standard InChI is InChI=1S/C17H20O5/c1-4-21-15(19)17(3,16(20)22-5-2)13-10-11-8-6-7-9-12(11)14(13)18/h6-9,13H,4-5,10H2,1-3H3. The van der Waals surface area contributed by atoms with Crippen LogP contribution < -0.4 is 0 Å². The van der Waals surface area contributed by atoms with Gasteiger partial charge in [-0.15, -0.1) is 0 Å². The van der Waals surface area contributed by atoms with Crippen LogP contribution in [0.15, 0.2) is 24.3 Å². The zero-order chi connectivity index (χ0) is 16.3. The first-order valence-electron chi connectivity index (χ1n) is 7.43. The molecule has 5 heteroatoms. The molecule has 0 saturated heterocycles. The van der Waals surface area contributed by atoms with E-state index in [2.05, 4.69) is 0 Å². The third-order valence-electron chi connectivity index (χ3n) is 4.12. The summed E-state index contributed by atoms with van der Waals surface area (Å²) in [7, 11) is 0. The van der Waals surface area contributed by atoms with E-state index in [0.29, 0.717) is 12.0 Å². The van der Waals surface area contributed by atoms with Gasteiger partial charge >= 0.3 is 11.9 Å². The number of rotatable bonds is 5. The monoisotopic (exact) mass is 304 g/mol. The lowest BCUT2D eigenvalue weighted by Gasteiger charge is -2.29. The molecule has 2 rings (SSSR count). The van der Waals surface area contributed by atoms with Crippen LogP contribution in [0.4, 0.5) is 0 Å². The van der Waals surface area contributed by atoms with Crippen LogP contribution in [-0.2, 0) is 25.5 Å². The fourth-order valence-corrected chi connectivity index (χ4v) is 2.84. The molecule has 22 heavy (non-hydrogen) atoms. The second kappa shape index (κ2) is 6.30. The average molecular weight is 304 g/mol. The second-order valence-electron chi connectivity index (χ2n) is 5.42. The first-order valence-corrected chi connectivity index (χ1v) is 7.43. The van der Waals surface area contributed by atoms with Gasteiger partial charge in [-0.25, -0.2) is 0 Å². The van der Waals surface area contributed by atoms with Gasteiger partial charge in [0.25, 0.3) is 0 Å². The number of fused-ring (bicyclic) bond motifs is 1. The molecule has 0 N–H and O–H groups in total. The Labute approximate surface area is 129 Å². The van der Waals surface area contributed by atoms with Crippen LogP contribution in [-0.4, -0.2) is 30.9 Å². The number of benzene rings is 1. The first kappa shape index (κ1) is 16.2. The summed E-state index contributed by atoms with van der Waals surface area (Å²) in [5.74, 6) is -2.42. The maximum atomic E-state index is 12.6. The van der Waals surface area contributed by atoms with Crippen molar-refractivity contribution in [2.24, 2.45) is 11.3 Å². The number of carbonyl (C=O) groups excluding carboxylic acids is 3. The number of hydrogen-bond donors (Lipinski definition) is 0. The largest absolute Gasteiger partial charge is 0.465 e. The van der Waals surface area contributed by atoms with E-state index < -0.39 is 23.3 Å². The quantitative estimate of drug-likeness (QED) is 0.616. The Bertz CT molecular complexity index is 587. The average Bonchev–Trinajstić information content (AvgIpc) is 2.85. The SMILES string of the molecule is CCOC(=O)C(C)(C(=O)OCC)C1Cc2ccccc2C1=O. The fourth-order valence-electron chi connectivity index (χ4n) is 2.84. The predicted molar refractivity (Wildman–Crippen MR) is 79.3 cm³/mol. The summed E-state index contributed by atoms with van der Waals surface area (Å²) in [6.07, 6.45) is 0.336. The molecule has 0 spiro atoms. The highest BCUT2D eigenvalue weighted by Crippen LogP contribution is 2.40. The number of carbonyl (C=O) groups is 3. The molecule has 0 saturated carbocycles. The number of ketones is 1. The second-order valence-corrected chi connectivity index (χ2v) is 5.42. The van der Waals surface area contributed by atoms with E-state index in [1.165, 1.54) is 6.92 Å². The van der Waals surface area contributed by atoms with Gasteiger partial charge in [0.15, 0.2) is 11.2 Å². The summed E-state index contributed by atoms with van der Waals surface area (Å²) >= 11 is 0. The van der Waals surface area contributed by atoms with E-state index in [-0.39, 0.29) is 19.0 Å². The maximum Gasteiger partial charge on any atom is 0.323 e. The van der Waals surface area contributed by atoms with E-state index in [1.54, 1.807) is 26.0 Å². The molecular formula is C17H20O5. The van der Waals surface area contributed by atoms with Gasteiger partial charge in [0.05, 0.1) is 19.1 Å². The van der Waals surface area contributed by atoms with Gasteiger partial charge in [-0.05, 0) is 32.8 Å². The number of hydrogen-bond acceptors (Lipinski definition) is 5. The Morgan fingerprint density at radius 1 is 1.14 bits per heavy atom. The maximum absolute atomic E-state index is 12.6. The third-order valence-corrected chi connectivity index (χ3v) is 4.12. The minimum absolute atomic E-state index is 0.141. The zero-order valence-corrected chi connectivity index (χ0v) is 13.0. The Morgan fingerprint density at radius 3 is 2.18 bits per heavy atom. The van der Waals surface area contributed by atoms with Crippen molar-refractivity contribution in [2.75, 3.05) is 13.2 Å². The summed E-state index contributed by atoms with van der Waals surface area (Å²) in [6, 6.07) is 7.16. The predicted octanol–water partition coefficient (Wildman–Crippen LogP) is 2.17. The van der Waals surface area contributed by atoms with Crippen molar-refractivity contribution < 1.29 is 23.9 Å². The molecule has 0 amide bonds. The molecule has 1 atom stereocenters. The number of esters is 2. The van der Waals surface area contributed by atoms with Gasteiger partial charge in [0.2, 0.25) is 0 Å². The minimum Gasteiger partial charge on any atom is -0.465 e. The Hall–Kier alpha value is -2.17. The molecule has 0 aromatic heterocycles. The van der Waals surface area contributed by atoms with Crippen LogP contribution in [0.5, 0.6) is 0 Å². The summed E-state index contributed by atoms with van der Waals surface area (Å²) in [5, 5.41) is 0. The summed E-state index contributed by atoms with van der Waals surface area (Å²) < 4.78 is 10.1. The Morgan fingerprint density at radius 2 is 1.68 bits per heavy atom. The lowest BCUT2D eigenvalue weighted by Crippen LogP contribution is -2.47. The van der Waals surface area contributed by atoms with E-state index >= 15 is 0 Å². The van der Waals surface area contributed by atoms with Crippen LogP contribution in [0, 0.1) is 11.3 Å². The summed E-state index contributed by atoms with van der Waals surface area (Å²) in [6.45, 7) is 5.05. The first-order chi connectivity index (χ1) is 10.5. The van der Waals surface area contributed by atoms with Crippen molar-refractivity contribution >= 4 is 17.7 Å². The molecule has 0 fully saturated rings. The molecule has 1 unspecified atom stereocenters. The normalized spacial score (nSPS) is 17.0. The number of ether oxygens (including phenoxy) is 2. The fraction of sp³-hybridized carbons (Fsp3) is 0.471. The molecule has 0 radical (unpaired) electrons. The zero-order valence-electron chi connectivity index (χ0n) is 13.0.